The van der Waals surface area contributed by atoms with Crippen molar-refractivity contribution in [3.63, 3.8) is 0 Å². The predicted molar refractivity (Wildman–Crippen MR) is 79.6 cm³/mol. The lowest BCUT2D eigenvalue weighted by Crippen LogP contribution is -2.39. The number of carbonyl (C=O) groups excluding carboxylic acids is 1. The Morgan fingerprint density at radius 1 is 1.14 bits per heavy atom. The highest BCUT2D eigenvalue weighted by atomic mass is 19.1. The van der Waals surface area contributed by atoms with E-state index in [2.05, 4.69) is 5.32 Å². The van der Waals surface area contributed by atoms with Gasteiger partial charge in [-0.05, 0) is 43.2 Å². The van der Waals surface area contributed by atoms with Crippen LogP contribution in [0, 0.1) is 5.82 Å². The van der Waals surface area contributed by atoms with Crippen molar-refractivity contribution in [2.45, 2.75) is 37.8 Å². The number of aliphatic hydroxyl groups excluding tert-OH is 1. The van der Waals surface area contributed by atoms with Gasteiger partial charge in [0.2, 0.25) is 0 Å². The highest BCUT2D eigenvalue weighted by molar-refractivity contribution is 6.07. The summed E-state index contributed by atoms with van der Waals surface area (Å²) in [6, 6.07) is 9.81. The third-order valence-electron chi connectivity index (χ3n) is 4.10. The SMILES string of the molecule is O=C(NC1CCCC(O)C1)c1ccc(F)c2ccccc12. The summed E-state index contributed by atoms with van der Waals surface area (Å²) in [6.07, 6.45) is 2.84. The molecule has 2 aromatic rings. The molecule has 0 spiro atoms. The zero-order chi connectivity index (χ0) is 14.8. The van der Waals surface area contributed by atoms with Gasteiger partial charge in [-0.2, -0.15) is 0 Å². The number of nitrogens with one attached hydrogen (secondary N) is 1. The van der Waals surface area contributed by atoms with Crippen LogP contribution in [-0.4, -0.2) is 23.2 Å². The van der Waals surface area contributed by atoms with Crippen molar-refractivity contribution in [3.05, 3.63) is 47.8 Å². The fraction of sp³-hybridized carbons (Fsp3) is 0.353. The van der Waals surface area contributed by atoms with Crippen LogP contribution in [-0.2, 0) is 0 Å². The van der Waals surface area contributed by atoms with Crippen molar-refractivity contribution < 1.29 is 14.3 Å². The summed E-state index contributed by atoms with van der Waals surface area (Å²) >= 11 is 0. The van der Waals surface area contributed by atoms with Gasteiger partial charge in [-0.25, -0.2) is 4.39 Å². The molecule has 0 heterocycles. The summed E-state index contributed by atoms with van der Waals surface area (Å²) in [5, 5.41) is 13.7. The van der Waals surface area contributed by atoms with E-state index in [9.17, 15) is 14.3 Å². The first-order chi connectivity index (χ1) is 10.1. The Morgan fingerprint density at radius 2 is 1.90 bits per heavy atom. The lowest BCUT2D eigenvalue weighted by atomic mass is 9.92. The first-order valence-electron chi connectivity index (χ1n) is 7.31. The van der Waals surface area contributed by atoms with Gasteiger partial charge in [0.1, 0.15) is 5.82 Å². The maximum atomic E-state index is 13.8. The van der Waals surface area contributed by atoms with Gasteiger partial charge < -0.3 is 10.4 Å². The third kappa shape index (κ3) is 2.90. The molecule has 0 saturated heterocycles. The van der Waals surface area contributed by atoms with E-state index in [4.69, 9.17) is 0 Å². The van der Waals surface area contributed by atoms with Crippen molar-refractivity contribution in [2.24, 2.45) is 0 Å². The van der Waals surface area contributed by atoms with Gasteiger partial charge in [0.15, 0.2) is 0 Å². The molecule has 1 amide bonds. The van der Waals surface area contributed by atoms with Gasteiger partial charge in [0.25, 0.3) is 5.91 Å². The lowest BCUT2D eigenvalue weighted by molar-refractivity contribution is 0.0851. The molecule has 21 heavy (non-hydrogen) atoms. The van der Waals surface area contributed by atoms with Gasteiger partial charge in [-0.1, -0.05) is 24.3 Å². The average molecular weight is 287 g/mol. The van der Waals surface area contributed by atoms with Gasteiger partial charge in [-0.3, -0.25) is 4.79 Å². The van der Waals surface area contributed by atoms with Crippen molar-refractivity contribution in [1.82, 2.24) is 5.32 Å². The first kappa shape index (κ1) is 14.0. The van der Waals surface area contributed by atoms with E-state index in [-0.39, 0.29) is 23.9 Å². The van der Waals surface area contributed by atoms with Gasteiger partial charge in [0, 0.05) is 17.0 Å². The van der Waals surface area contributed by atoms with Crippen LogP contribution in [0.4, 0.5) is 4.39 Å². The molecule has 2 unspecified atom stereocenters. The molecule has 0 aromatic heterocycles. The largest absolute Gasteiger partial charge is 0.393 e. The molecule has 2 atom stereocenters. The van der Waals surface area contributed by atoms with Gasteiger partial charge in [-0.15, -0.1) is 0 Å². The normalized spacial score (nSPS) is 22.2. The van der Waals surface area contributed by atoms with Crippen LogP contribution in [0.5, 0.6) is 0 Å². The van der Waals surface area contributed by atoms with Crippen molar-refractivity contribution in [2.75, 3.05) is 0 Å². The lowest BCUT2D eigenvalue weighted by Gasteiger charge is -2.26. The number of halogens is 1. The van der Waals surface area contributed by atoms with Crippen molar-refractivity contribution >= 4 is 16.7 Å². The van der Waals surface area contributed by atoms with Crippen LogP contribution >= 0.6 is 0 Å². The van der Waals surface area contributed by atoms with E-state index < -0.39 is 0 Å². The molecule has 1 fully saturated rings. The van der Waals surface area contributed by atoms with Crippen molar-refractivity contribution in [3.8, 4) is 0 Å². The number of hydrogen-bond donors (Lipinski definition) is 2. The van der Waals surface area contributed by atoms with Crippen LogP contribution in [0.2, 0.25) is 0 Å². The topological polar surface area (TPSA) is 49.3 Å². The Morgan fingerprint density at radius 3 is 2.67 bits per heavy atom. The minimum absolute atomic E-state index is 0.00920. The summed E-state index contributed by atoms with van der Waals surface area (Å²) in [7, 11) is 0. The molecule has 0 aliphatic heterocycles. The second-order valence-electron chi connectivity index (χ2n) is 5.63. The summed E-state index contributed by atoms with van der Waals surface area (Å²) in [6.45, 7) is 0. The highest BCUT2D eigenvalue weighted by Crippen LogP contribution is 2.23. The average Bonchev–Trinajstić information content (AvgIpc) is 2.48. The number of aliphatic hydroxyl groups is 1. The molecule has 0 bridgehead atoms. The van der Waals surface area contributed by atoms with E-state index >= 15 is 0 Å². The first-order valence-corrected chi connectivity index (χ1v) is 7.31. The fourth-order valence-electron chi connectivity index (χ4n) is 3.02. The van der Waals surface area contributed by atoms with Crippen LogP contribution in [0.25, 0.3) is 10.8 Å². The number of amides is 1. The Hall–Kier alpha value is -1.94. The van der Waals surface area contributed by atoms with E-state index in [1.807, 2.05) is 0 Å². The summed E-state index contributed by atoms with van der Waals surface area (Å²) in [5.41, 5.74) is 0.479. The molecule has 1 aliphatic carbocycles. The molecule has 1 saturated carbocycles. The fourth-order valence-corrected chi connectivity index (χ4v) is 3.02. The Bertz CT molecular complexity index is 671. The molecule has 0 radical (unpaired) electrons. The molecule has 2 N–H and O–H groups in total. The molecule has 3 rings (SSSR count). The van der Waals surface area contributed by atoms with E-state index in [0.717, 1.165) is 19.3 Å². The Labute approximate surface area is 122 Å². The maximum Gasteiger partial charge on any atom is 0.252 e. The van der Waals surface area contributed by atoms with E-state index in [0.29, 0.717) is 22.8 Å². The summed E-state index contributed by atoms with van der Waals surface area (Å²) in [5.74, 6) is -0.527. The second-order valence-corrected chi connectivity index (χ2v) is 5.63. The molecular weight excluding hydrogens is 269 g/mol. The molecule has 3 nitrogen and oxygen atoms in total. The van der Waals surface area contributed by atoms with E-state index in [1.54, 1.807) is 24.3 Å². The van der Waals surface area contributed by atoms with E-state index in [1.165, 1.54) is 12.1 Å². The number of carbonyl (C=O) groups is 1. The number of benzene rings is 2. The smallest absolute Gasteiger partial charge is 0.252 e. The summed E-state index contributed by atoms with van der Waals surface area (Å²) < 4.78 is 13.8. The quantitative estimate of drug-likeness (QED) is 0.892. The van der Waals surface area contributed by atoms with Crippen LogP contribution < -0.4 is 5.32 Å². The minimum atomic E-state index is -0.339. The number of rotatable bonds is 2. The monoisotopic (exact) mass is 287 g/mol. The van der Waals surface area contributed by atoms with Gasteiger partial charge >= 0.3 is 0 Å². The van der Waals surface area contributed by atoms with Crippen molar-refractivity contribution in [1.29, 1.82) is 0 Å². The number of hydrogen-bond acceptors (Lipinski definition) is 2. The zero-order valence-electron chi connectivity index (χ0n) is 11.7. The third-order valence-corrected chi connectivity index (χ3v) is 4.10. The second kappa shape index (κ2) is 5.82. The molecular formula is C17H18FNO2. The van der Waals surface area contributed by atoms with Crippen LogP contribution in [0.15, 0.2) is 36.4 Å². The standard InChI is InChI=1S/C17H18FNO2/c18-16-9-8-15(13-6-1-2-7-14(13)16)17(21)19-11-4-3-5-12(20)10-11/h1-2,6-9,11-12,20H,3-5,10H2,(H,19,21). The zero-order valence-corrected chi connectivity index (χ0v) is 11.7. The Kier molecular flexibility index (Phi) is 3.88. The maximum absolute atomic E-state index is 13.8. The van der Waals surface area contributed by atoms with Crippen LogP contribution in [0.1, 0.15) is 36.0 Å². The van der Waals surface area contributed by atoms with Gasteiger partial charge in [0.05, 0.1) is 6.10 Å². The summed E-state index contributed by atoms with van der Waals surface area (Å²) in [4.78, 5) is 12.4. The Balaban J connectivity index is 1.86. The predicted octanol–water partition coefficient (Wildman–Crippen LogP) is 3.01. The molecule has 110 valence electrons. The number of fused-ring (bicyclic) bond motifs is 1. The molecule has 4 heteroatoms. The molecule has 2 aromatic carbocycles. The van der Waals surface area contributed by atoms with Crippen LogP contribution in [0.3, 0.4) is 0 Å². The highest BCUT2D eigenvalue weighted by Gasteiger charge is 2.22. The molecule has 1 aliphatic rings. The minimum Gasteiger partial charge on any atom is -0.393 e.